The van der Waals surface area contributed by atoms with Crippen LogP contribution in [-0.2, 0) is 9.47 Å². The molecule has 0 saturated carbocycles. The first-order valence-electron chi connectivity index (χ1n) is 8.54. The molecule has 0 bridgehead atoms. The quantitative estimate of drug-likeness (QED) is 0.692. The Balaban J connectivity index is 1.52. The van der Waals surface area contributed by atoms with Gasteiger partial charge in [-0.25, -0.2) is 0 Å². The van der Waals surface area contributed by atoms with Gasteiger partial charge in [-0.05, 0) is 58.2 Å². The van der Waals surface area contributed by atoms with Gasteiger partial charge in [0.05, 0.1) is 12.2 Å². The van der Waals surface area contributed by atoms with Crippen molar-refractivity contribution in [2.75, 3.05) is 45.9 Å². The second-order valence-electron chi connectivity index (χ2n) is 6.11. The second-order valence-corrected chi connectivity index (χ2v) is 6.11. The molecular formula is C16H32N2O2. The van der Waals surface area contributed by atoms with Gasteiger partial charge in [-0.3, -0.25) is 0 Å². The molecule has 2 aliphatic rings. The highest BCUT2D eigenvalue weighted by atomic mass is 16.5. The van der Waals surface area contributed by atoms with Gasteiger partial charge in [-0.1, -0.05) is 6.92 Å². The summed E-state index contributed by atoms with van der Waals surface area (Å²) in [4.78, 5) is 2.55. The highest BCUT2D eigenvalue weighted by molar-refractivity contribution is 4.73. The average molecular weight is 284 g/mol. The fraction of sp³-hybridized carbons (Fsp3) is 1.00. The van der Waals surface area contributed by atoms with Crippen LogP contribution >= 0.6 is 0 Å². The van der Waals surface area contributed by atoms with Gasteiger partial charge in [0.1, 0.15) is 0 Å². The van der Waals surface area contributed by atoms with E-state index in [2.05, 4.69) is 17.1 Å². The summed E-state index contributed by atoms with van der Waals surface area (Å²) >= 11 is 0. The fourth-order valence-electron chi connectivity index (χ4n) is 3.14. The lowest BCUT2D eigenvalue weighted by Gasteiger charge is -2.32. The van der Waals surface area contributed by atoms with E-state index in [4.69, 9.17) is 9.47 Å². The van der Waals surface area contributed by atoms with Crippen molar-refractivity contribution in [3.8, 4) is 0 Å². The van der Waals surface area contributed by atoms with Crippen molar-refractivity contribution in [2.45, 2.75) is 57.7 Å². The van der Waals surface area contributed by atoms with Crippen LogP contribution in [0.4, 0.5) is 0 Å². The molecule has 0 aromatic heterocycles. The first-order valence-corrected chi connectivity index (χ1v) is 8.54. The third kappa shape index (κ3) is 6.08. The molecule has 0 aromatic carbocycles. The molecule has 0 amide bonds. The van der Waals surface area contributed by atoms with Crippen molar-refractivity contribution in [2.24, 2.45) is 0 Å². The highest BCUT2D eigenvalue weighted by Gasteiger charge is 2.20. The largest absolute Gasteiger partial charge is 0.378 e. The molecular weight excluding hydrogens is 252 g/mol. The Labute approximate surface area is 124 Å². The molecule has 2 fully saturated rings. The van der Waals surface area contributed by atoms with Gasteiger partial charge in [0, 0.05) is 26.3 Å². The standard InChI is InChI=1S/C16H32N2O2/c1-2-12-19-16-5-3-10-18(14-16)11-4-13-20-15-6-8-17-9-7-15/h15-17H,2-14H2,1H3. The van der Waals surface area contributed by atoms with Crippen molar-refractivity contribution in [3.05, 3.63) is 0 Å². The van der Waals surface area contributed by atoms with Gasteiger partial charge in [0.2, 0.25) is 0 Å². The van der Waals surface area contributed by atoms with Crippen LogP contribution < -0.4 is 5.32 Å². The van der Waals surface area contributed by atoms with E-state index in [-0.39, 0.29) is 0 Å². The zero-order valence-corrected chi connectivity index (χ0v) is 13.1. The van der Waals surface area contributed by atoms with Crippen LogP contribution in [0.15, 0.2) is 0 Å². The molecule has 0 radical (unpaired) electrons. The Bertz CT molecular complexity index is 245. The average Bonchev–Trinajstić information content (AvgIpc) is 2.51. The number of hydrogen-bond acceptors (Lipinski definition) is 4. The fourth-order valence-corrected chi connectivity index (χ4v) is 3.14. The normalized spacial score (nSPS) is 25.9. The summed E-state index contributed by atoms with van der Waals surface area (Å²) in [5.74, 6) is 0. The summed E-state index contributed by atoms with van der Waals surface area (Å²) < 4.78 is 11.9. The summed E-state index contributed by atoms with van der Waals surface area (Å²) in [6, 6.07) is 0. The van der Waals surface area contributed by atoms with Crippen molar-refractivity contribution in [3.63, 3.8) is 0 Å². The smallest absolute Gasteiger partial charge is 0.0702 e. The van der Waals surface area contributed by atoms with Crippen molar-refractivity contribution >= 4 is 0 Å². The summed E-state index contributed by atoms with van der Waals surface area (Å²) in [7, 11) is 0. The molecule has 1 unspecified atom stereocenters. The van der Waals surface area contributed by atoms with Crippen LogP contribution in [-0.4, -0.2) is 63.0 Å². The highest BCUT2D eigenvalue weighted by Crippen LogP contribution is 2.14. The van der Waals surface area contributed by atoms with Crippen LogP contribution in [0.2, 0.25) is 0 Å². The van der Waals surface area contributed by atoms with Crippen LogP contribution in [0.25, 0.3) is 0 Å². The molecule has 1 N–H and O–H groups in total. The van der Waals surface area contributed by atoms with Crippen molar-refractivity contribution in [1.82, 2.24) is 10.2 Å². The molecule has 2 heterocycles. The zero-order valence-electron chi connectivity index (χ0n) is 13.1. The Morgan fingerprint density at radius 2 is 1.85 bits per heavy atom. The van der Waals surface area contributed by atoms with E-state index < -0.39 is 0 Å². The molecule has 4 nitrogen and oxygen atoms in total. The first kappa shape index (κ1) is 16.2. The minimum Gasteiger partial charge on any atom is -0.378 e. The summed E-state index contributed by atoms with van der Waals surface area (Å²) in [6.45, 7) is 9.77. The third-order valence-corrected chi connectivity index (χ3v) is 4.28. The molecule has 1 atom stereocenters. The molecule has 0 spiro atoms. The summed E-state index contributed by atoms with van der Waals surface area (Å²) in [6.07, 6.45) is 8.12. The first-order chi connectivity index (χ1) is 9.88. The lowest BCUT2D eigenvalue weighted by molar-refractivity contribution is -0.00723. The van der Waals surface area contributed by atoms with E-state index >= 15 is 0 Å². The summed E-state index contributed by atoms with van der Waals surface area (Å²) in [5, 5.41) is 3.38. The maximum absolute atomic E-state index is 5.97. The number of ether oxygens (including phenoxy) is 2. The lowest BCUT2D eigenvalue weighted by atomic mass is 10.1. The third-order valence-electron chi connectivity index (χ3n) is 4.28. The predicted molar refractivity (Wildman–Crippen MR) is 82.2 cm³/mol. The van der Waals surface area contributed by atoms with E-state index in [1.807, 2.05) is 0 Å². The van der Waals surface area contributed by atoms with Crippen LogP contribution in [0, 0.1) is 0 Å². The van der Waals surface area contributed by atoms with Gasteiger partial charge in [-0.15, -0.1) is 0 Å². The van der Waals surface area contributed by atoms with Crippen LogP contribution in [0.3, 0.4) is 0 Å². The maximum Gasteiger partial charge on any atom is 0.0702 e. The number of rotatable bonds is 8. The molecule has 4 heteroatoms. The molecule has 2 aliphatic heterocycles. The van der Waals surface area contributed by atoms with E-state index in [0.717, 1.165) is 52.2 Å². The number of hydrogen-bond donors (Lipinski definition) is 1. The number of likely N-dealkylation sites (tertiary alicyclic amines) is 1. The van der Waals surface area contributed by atoms with Gasteiger partial charge in [0.15, 0.2) is 0 Å². The van der Waals surface area contributed by atoms with Crippen molar-refractivity contribution < 1.29 is 9.47 Å². The SMILES string of the molecule is CCCOC1CCCN(CCCOC2CCNCC2)C1. The van der Waals surface area contributed by atoms with Crippen molar-refractivity contribution in [1.29, 1.82) is 0 Å². The number of piperidine rings is 2. The Morgan fingerprint density at radius 3 is 2.65 bits per heavy atom. The monoisotopic (exact) mass is 284 g/mol. The van der Waals surface area contributed by atoms with E-state index in [0.29, 0.717) is 12.2 Å². The Hall–Kier alpha value is -0.160. The van der Waals surface area contributed by atoms with Gasteiger partial charge in [-0.2, -0.15) is 0 Å². The second kappa shape index (κ2) is 9.72. The zero-order chi connectivity index (χ0) is 14.0. The molecule has 2 rings (SSSR count). The Morgan fingerprint density at radius 1 is 1.05 bits per heavy atom. The van der Waals surface area contributed by atoms with Crippen LogP contribution in [0.1, 0.15) is 45.4 Å². The van der Waals surface area contributed by atoms with Gasteiger partial charge in [0.25, 0.3) is 0 Å². The predicted octanol–water partition coefficient (Wildman–Crippen LogP) is 2.04. The summed E-state index contributed by atoms with van der Waals surface area (Å²) in [5.41, 5.74) is 0. The number of nitrogens with one attached hydrogen (secondary N) is 1. The van der Waals surface area contributed by atoms with E-state index in [1.54, 1.807) is 0 Å². The lowest BCUT2D eigenvalue weighted by Crippen LogP contribution is -2.40. The van der Waals surface area contributed by atoms with E-state index in [1.165, 1.54) is 32.2 Å². The molecule has 2 saturated heterocycles. The van der Waals surface area contributed by atoms with Gasteiger partial charge >= 0.3 is 0 Å². The minimum absolute atomic E-state index is 0.467. The number of nitrogens with zero attached hydrogens (tertiary/aromatic N) is 1. The topological polar surface area (TPSA) is 33.7 Å². The van der Waals surface area contributed by atoms with E-state index in [9.17, 15) is 0 Å². The minimum atomic E-state index is 0.467. The molecule has 0 aromatic rings. The Kier molecular flexibility index (Phi) is 7.88. The maximum atomic E-state index is 5.97. The molecule has 0 aliphatic carbocycles. The molecule has 20 heavy (non-hydrogen) atoms. The van der Waals surface area contributed by atoms with Crippen LogP contribution in [0.5, 0.6) is 0 Å². The van der Waals surface area contributed by atoms with Gasteiger partial charge < -0.3 is 19.7 Å². The molecule has 118 valence electrons.